The first-order valence-corrected chi connectivity index (χ1v) is 5.63. The lowest BCUT2D eigenvalue weighted by Gasteiger charge is -2.31. The lowest BCUT2D eigenvalue weighted by atomic mass is 9.89. The van der Waals surface area contributed by atoms with Crippen molar-refractivity contribution in [2.24, 2.45) is 0 Å². The van der Waals surface area contributed by atoms with Gasteiger partial charge in [-0.1, -0.05) is 32.6 Å². The molecule has 0 heterocycles. The van der Waals surface area contributed by atoms with E-state index in [9.17, 15) is 10.2 Å². The summed E-state index contributed by atoms with van der Waals surface area (Å²) in [6.45, 7) is 1.81. The number of hydrogen-bond donors (Lipinski definition) is 3. The Bertz CT molecular complexity index is 177. The summed E-state index contributed by atoms with van der Waals surface area (Å²) in [6, 6.07) is 0. The minimum absolute atomic E-state index is 0.324. The van der Waals surface area contributed by atoms with Crippen molar-refractivity contribution in [2.45, 2.75) is 63.1 Å². The molecule has 1 unspecified atom stereocenters. The molecule has 0 amide bonds. The van der Waals surface area contributed by atoms with E-state index in [-0.39, 0.29) is 6.61 Å². The van der Waals surface area contributed by atoms with Crippen molar-refractivity contribution in [3.05, 3.63) is 0 Å². The highest BCUT2D eigenvalue weighted by atomic mass is 16.4. The second kappa shape index (κ2) is 4.60. The molecule has 0 aromatic rings. The largest absolute Gasteiger partial charge is 0.393 e. The van der Waals surface area contributed by atoms with Crippen molar-refractivity contribution in [2.75, 3.05) is 6.61 Å². The van der Waals surface area contributed by atoms with Crippen molar-refractivity contribution in [3.63, 3.8) is 0 Å². The van der Waals surface area contributed by atoms with Gasteiger partial charge in [-0.3, -0.25) is 0 Å². The quantitative estimate of drug-likeness (QED) is 0.544. The molecule has 0 radical (unpaired) electrons. The highest BCUT2D eigenvalue weighted by molar-refractivity contribution is 5.09. The summed E-state index contributed by atoms with van der Waals surface area (Å²) < 4.78 is 0. The lowest BCUT2D eigenvalue weighted by Crippen LogP contribution is -2.47. The van der Waals surface area contributed by atoms with Gasteiger partial charge in [0, 0.05) is 0 Å². The summed E-state index contributed by atoms with van der Waals surface area (Å²) in [5.74, 6) is 0. The first-order chi connectivity index (χ1) is 6.58. The number of unbranched alkanes of at least 4 members (excludes halogenated alkanes) is 3. The molecule has 0 saturated heterocycles. The zero-order chi connectivity index (χ0) is 10.7. The highest BCUT2D eigenvalue weighted by Crippen LogP contribution is 2.46. The van der Waals surface area contributed by atoms with Crippen molar-refractivity contribution in [3.8, 4) is 0 Å². The molecule has 1 atom stereocenters. The summed E-state index contributed by atoms with van der Waals surface area (Å²) in [5, 5.41) is 28.9. The van der Waals surface area contributed by atoms with E-state index < -0.39 is 11.2 Å². The third-order valence-corrected chi connectivity index (χ3v) is 3.30. The molecule has 1 saturated carbocycles. The molecular formula is C11H22O3. The van der Waals surface area contributed by atoms with Crippen LogP contribution in [0.2, 0.25) is 0 Å². The molecule has 84 valence electrons. The van der Waals surface area contributed by atoms with Crippen LogP contribution < -0.4 is 0 Å². The highest BCUT2D eigenvalue weighted by Gasteiger charge is 2.56. The monoisotopic (exact) mass is 202 g/mol. The lowest BCUT2D eigenvalue weighted by molar-refractivity contribution is -0.126. The molecule has 1 rings (SSSR count). The molecule has 0 aromatic heterocycles. The third kappa shape index (κ3) is 2.47. The number of aliphatic hydroxyl groups is 3. The van der Waals surface area contributed by atoms with Gasteiger partial charge >= 0.3 is 0 Å². The maximum absolute atomic E-state index is 10.0. The summed E-state index contributed by atoms with van der Waals surface area (Å²) in [6.07, 6.45) is 6.01. The Morgan fingerprint density at radius 2 is 1.86 bits per heavy atom. The Hall–Kier alpha value is -0.120. The first-order valence-electron chi connectivity index (χ1n) is 5.63. The SMILES string of the molecule is CCCCCCC(O)(CO)C1(O)CC1. The van der Waals surface area contributed by atoms with Gasteiger partial charge in [0.05, 0.1) is 12.2 Å². The standard InChI is InChI=1S/C11H22O3/c1-2-3-4-5-6-11(14,9-12)10(13)7-8-10/h12-14H,2-9H2,1H3. The van der Waals surface area contributed by atoms with Crippen LogP contribution in [-0.4, -0.2) is 33.1 Å². The average molecular weight is 202 g/mol. The number of hydrogen-bond acceptors (Lipinski definition) is 3. The predicted octanol–water partition coefficient (Wildman–Crippen LogP) is 1.21. The van der Waals surface area contributed by atoms with E-state index in [4.69, 9.17) is 5.11 Å². The Labute approximate surface area is 85.8 Å². The Morgan fingerprint density at radius 1 is 1.21 bits per heavy atom. The molecule has 14 heavy (non-hydrogen) atoms. The Morgan fingerprint density at radius 3 is 2.29 bits per heavy atom. The molecule has 1 fully saturated rings. The van der Waals surface area contributed by atoms with Gasteiger partial charge in [0.1, 0.15) is 5.60 Å². The van der Waals surface area contributed by atoms with Gasteiger partial charge in [0.2, 0.25) is 0 Å². The maximum atomic E-state index is 10.0. The smallest absolute Gasteiger partial charge is 0.116 e. The van der Waals surface area contributed by atoms with Crippen LogP contribution in [0, 0.1) is 0 Å². The number of aliphatic hydroxyl groups excluding tert-OH is 1. The van der Waals surface area contributed by atoms with E-state index in [2.05, 4.69) is 6.92 Å². The van der Waals surface area contributed by atoms with Crippen LogP contribution >= 0.6 is 0 Å². The average Bonchev–Trinajstić information content (AvgIpc) is 2.92. The van der Waals surface area contributed by atoms with Gasteiger partial charge in [-0.25, -0.2) is 0 Å². The van der Waals surface area contributed by atoms with Gasteiger partial charge in [0.15, 0.2) is 0 Å². The summed E-state index contributed by atoms with van der Waals surface area (Å²) in [4.78, 5) is 0. The van der Waals surface area contributed by atoms with Crippen LogP contribution in [0.1, 0.15) is 51.9 Å². The molecule has 1 aliphatic rings. The molecule has 3 N–H and O–H groups in total. The maximum Gasteiger partial charge on any atom is 0.116 e. The number of rotatable bonds is 7. The molecular weight excluding hydrogens is 180 g/mol. The van der Waals surface area contributed by atoms with E-state index in [1.165, 1.54) is 0 Å². The normalized spacial score (nSPS) is 23.1. The second-order valence-corrected chi connectivity index (χ2v) is 4.53. The molecule has 0 aliphatic heterocycles. The summed E-state index contributed by atoms with van der Waals surface area (Å²) in [5.41, 5.74) is -2.24. The molecule has 0 bridgehead atoms. The van der Waals surface area contributed by atoms with E-state index in [0.717, 1.165) is 25.7 Å². The topological polar surface area (TPSA) is 60.7 Å². The van der Waals surface area contributed by atoms with Crippen LogP contribution in [0.5, 0.6) is 0 Å². The Balaban J connectivity index is 2.30. The fraction of sp³-hybridized carbons (Fsp3) is 1.00. The van der Waals surface area contributed by atoms with Crippen LogP contribution in [0.25, 0.3) is 0 Å². The van der Waals surface area contributed by atoms with E-state index in [1.54, 1.807) is 0 Å². The van der Waals surface area contributed by atoms with Gasteiger partial charge in [-0.15, -0.1) is 0 Å². The first kappa shape index (κ1) is 12.0. The molecule has 0 spiro atoms. The minimum Gasteiger partial charge on any atom is -0.393 e. The van der Waals surface area contributed by atoms with Crippen LogP contribution in [0.4, 0.5) is 0 Å². The fourth-order valence-corrected chi connectivity index (χ4v) is 1.89. The van der Waals surface area contributed by atoms with E-state index in [0.29, 0.717) is 19.3 Å². The van der Waals surface area contributed by atoms with Crippen molar-refractivity contribution in [1.82, 2.24) is 0 Å². The van der Waals surface area contributed by atoms with Gasteiger partial charge < -0.3 is 15.3 Å². The summed E-state index contributed by atoms with van der Waals surface area (Å²) in [7, 11) is 0. The van der Waals surface area contributed by atoms with Crippen LogP contribution in [-0.2, 0) is 0 Å². The van der Waals surface area contributed by atoms with Gasteiger partial charge in [-0.05, 0) is 19.3 Å². The zero-order valence-electron chi connectivity index (χ0n) is 9.00. The summed E-state index contributed by atoms with van der Waals surface area (Å²) >= 11 is 0. The molecule has 0 aromatic carbocycles. The van der Waals surface area contributed by atoms with Crippen molar-refractivity contribution in [1.29, 1.82) is 0 Å². The second-order valence-electron chi connectivity index (χ2n) is 4.53. The van der Waals surface area contributed by atoms with E-state index >= 15 is 0 Å². The Kier molecular flexibility index (Phi) is 3.93. The van der Waals surface area contributed by atoms with Crippen LogP contribution in [0.15, 0.2) is 0 Å². The zero-order valence-corrected chi connectivity index (χ0v) is 9.00. The van der Waals surface area contributed by atoms with E-state index in [1.807, 2.05) is 0 Å². The minimum atomic E-state index is -1.25. The molecule has 3 nitrogen and oxygen atoms in total. The van der Waals surface area contributed by atoms with Gasteiger partial charge in [-0.2, -0.15) is 0 Å². The predicted molar refractivity (Wildman–Crippen MR) is 55.0 cm³/mol. The van der Waals surface area contributed by atoms with Crippen molar-refractivity contribution < 1.29 is 15.3 Å². The fourth-order valence-electron chi connectivity index (χ4n) is 1.89. The third-order valence-electron chi connectivity index (χ3n) is 3.30. The van der Waals surface area contributed by atoms with Gasteiger partial charge in [0.25, 0.3) is 0 Å². The van der Waals surface area contributed by atoms with Crippen molar-refractivity contribution >= 4 is 0 Å². The molecule has 1 aliphatic carbocycles. The van der Waals surface area contributed by atoms with Crippen LogP contribution in [0.3, 0.4) is 0 Å². The molecule has 3 heteroatoms.